The smallest absolute Gasteiger partial charge is 0.195 e. The average molecular weight is 448 g/mol. The standard InChI is InChI=1S/C27H30FN3O2/c28-22-11-9-21(10-12-22)27(32-18-19-33-27)14-5-16-30-15-4-13-26(20-30)25-8-3-17-31(25)24-7-2-1-6-23(24)29-26/h1-3,6-12,17,29H,4-5,13-16,18-20H2/t26-/m1/s1. The Morgan fingerprint density at radius 2 is 1.79 bits per heavy atom. The van der Waals surface area contributed by atoms with Crippen molar-refractivity contribution >= 4 is 5.69 Å². The molecule has 33 heavy (non-hydrogen) atoms. The Hall–Kier alpha value is -2.67. The van der Waals surface area contributed by atoms with E-state index in [2.05, 4.69) is 57.4 Å². The summed E-state index contributed by atoms with van der Waals surface area (Å²) in [6.07, 6.45) is 6.15. The Morgan fingerprint density at radius 3 is 2.64 bits per heavy atom. The van der Waals surface area contributed by atoms with Crippen molar-refractivity contribution in [1.82, 2.24) is 9.47 Å². The van der Waals surface area contributed by atoms with Crippen LogP contribution in [0.25, 0.3) is 5.69 Å². The van der Waals surface area contributed by atoms with Crippen molar-refractivity contribution in [3.8, 4) is 5.69 Å². The van der Waals surface area contributed by atoms with E-state index >= 15 is 0 Å². The predicted molar refractivity (Wildman–Crippen MR) is 126 cm³/mol. The van der Waals surface area contributed by atoms with E-state index in [1.807, 2.05) is 0 Å². The van der Waals surface area contributed by atoms with Crippen molar-refractivity contribution in [1.29, 1.82) is 0 Å². The van der Waals surface area contributed by atoms with Crippen molar-refractivity contribution in [2.75, 3.05) is 38.2 Å². The van der Waals surface area contributed by atoms with Gasteiger partial charge >= 0.3 is 0 Å². The highest BCUT2D eigenvalue weighted by Crippen LogP contribution is 2.42. The highest BCUT2D eigenvalue weighted by Gasteiger charge is 2.43. The number of hydrogen-bond acceptors (Lipinski definition) is 4. The van der Waals surface area contributed by atoms with E-state index in [1.165, 1.54) is 29.2 Å². The van der Waals surface area contributed by atoms with E-state index < -0.39 is 5.79 Å². The molecule has 1 N–H and O–H groups in total. The van der Waals surface area contributed by atoms with Crippen LogP contribution in [0.2, 0.25) is 0 Å². The summed E-state index contributed by atoms with van der Waals surface area (Å²) in [5.41, 5.74) is 4.59. The van der Waals surface area contributed by atoms with Crippen LogP contribution in [-0.2, 0) is 20.8 Å². The first-order chi connectivity index (χ1) is 16.2. The van der Waals surface area contributed by atoms with Gasteiger partial charge in [0.05, 0.1) is 30.1 Å². The van der Waals surface area contributed by atoms with Gasteiger partial charge in [-0.05, 0) is 68.8 Å². The zero-order valence-corrected chi connectivity index (χ0v) is 18.8. The molecule has 1 atom stereocenters. The highest BCUT2D eigenvalue weighted by molar-refractivity contribution is 5.67. The summed E-state index contributed by atoms with van der Waals surface area (Å²) in [5.74, 6) is -0.991. The van der Waals surface area contributed by atoms with Gasteiger partial charge in [0.15, 0.2) is 5.79 Å². The van der Waals surface area contributed by atoms with Gasteiger partial charge < -0.3 is 24.3 Å². The first kappa shape index (κ1) is 20.9. The monoisotopic (exact) mass is 447 g/mol. The molecule has 172 valence electrons. The van der Waals surface area contributed by atoms with Crippen molar-refractivity contribution in [2.24, 2.45) is 0 Å². The van der Waals surface area contributed by atoms with E-state index in [9.17, 15) is 4.39 Å². The van der Waals surface area contributed by atoms with Gasteiger partial charge in [0.1, 0.15) is 5.82 Å². The number of nitrogens with one attached hydrogen (secondary N) is 1. The first-order valence-electron chi connectivity index (χ1n) is 12.0. The fourth-order valence-corrected chi connectivity index (χ4v) is 5.89. The number of anilines is 1. The average Bonchev–Trinajstić information content (AvgIpc) is 3.51. The van der Waals surface area contributed by atoms with Gasteiger partial charge in [-0.25, -0.2) is 4.39 Å². The summed E-state index contributed by atoms with van der Waals surface area (Å²) in [6, 6.07) is 19.5. The zero-order chi connectivity index (χ0) is 22.3. The molecule has 0 unspecified atom stereocenters. The molecule has 0 saturated carbocycles. The number of nitrogens with zero attached hydrogens (tertiary/aromatic N) is 2. The molecule has 0 bridgehead atoms. The van der Waals surface area contributed by atoms with Gasteiger partial charge in [-0.3, -0.25) is 0 Å². The third kappa shape index (κ3) is 3.66. The molecule has 0 aliphatic carbocycles. The molecule has 3 aliphatic heterocycles. The molecule has 6 heteroatoms. The molecule has 4 heterocycles. The van der Waals surface area contributed by atoms with E-state index in [-0.39, 0.29) is 11.4 Å². The minimum Gasteiger partial charge on any atom is -0.371 e. The highest BCUT2D eigenvalue weighted by atomic mass is 19.1. The molecule has 2 aromatic carbocycles. The minimum absolute atomic E-state index is 0.0783. The van der Waals surface area contributed by atoms with Crippen LogP contribution in [-0.4, -0.2) is 42.3 Å². The number of hydrogen-bond donors (Lipinski definition) is 1. The van der Waals surface area contributed by atoms with E-state index in [0.717, 1.165) is 50.9 Å². The van der Waals surface area contributed by atoms with Gasteiger partial charge in [-0.15, -0.1) is 0 Å². The number of aromatic nitrogens is 1. The summed E-state index contributed by atoms with van der Waals surface area (Å²) in [7, 11) is 0. The number of ether oxygens (including phenoxy) is 2. The van der Waals surface area contributed by atoms with Crippen LogP contribution in [0.4, 0.5) is 10.1 Å². The maximum atomic E-state index is 13.4. The summed E-state index contributed by atoms with van der Waals surface area (Å²) < 4.78 is 27.9. The quantitative estimate of drug-likeness (QED) is 0.597. The van der Waals surface area contributed by atoms with Crippen LogP contribution in [0.3, 0.4) is 0 Å². The Morgan fingerprint density at radius 1 is 0.970 bits per heavy atom. The number of piperidine rings is 1. The van der Waals surface area contributed by atoms with Crippen LogP contribution in [0.5, 0.6) is 0 Å². The lowest BCUT2D eigenvalue weighted by molar-refractivity contribution is -0.172. The van der Waals surface area contributed by atoms with Gasteiger partial charge in [0.2, 0.25) is 0 Å². The summed E-state index contributed by atoms with van der Waals surface area (Å²) in [5, 5.41) is 3.91. The molecule has 0 radical (unpaired) electrons. The van der Waals surface area contributed by atoms with E-state index in [1.54, 1.807) is 12.1 Å². The number of benzene rings is 2. The number of likely N-dealkylation sites (tertiary alicyclic amines) is 1. The van der Waals surface area contributed by atoms with Crippen LogP contribution in [0, 0.1) is 5.82 Å². The Bertz CT molecular complexity index is 1120. The van der Waals surface area contributed by atoms with Crippen molar-refractivity contribution in [3.05, 3.63) is 83.9 Å². The molecule has 5 nitrogen and oxygen atoms in total. The largest absolute Gasteiger partial charge is 0.371 e. The molecule has 2 saturated heterocycles. The van der Waals surface area contributed by atoms with Crippen molar-refractivity contribution in [2.45, 2.75) is 37.0 Å². The molecule has 3 aromatic rings. The zero-order valence-electron chi connectivity index (χ0n) is 18.8. The number of fused-ring (bicyclic) bond motifs is 4. The van der Waals surface area contributed by atoms with E-state index in [0.29, 0.717) is 13.2 Å². The molecule has 1 spiro atoms. The topological polar surface area (TPSA) is 38.7 Å². The molecule has 1 aromatic heterocycles. The Balaban J connectivity index is 1.17. The van der Waals surface area contributed by atoms with Gasteiger partial charge in [0, 0.05) is 30.4 Å². The first-order valence-corrected chi connectivity index (χ1v) is 12.0. The minimum atomic E-state index is -0.752. The number of halogens is 1. The SMILES string of the molecule is Fc1ccc(C2(CCCN3CCC[C@]4(C3)Nc3ccccc3-n3cccc34)OCCO2)cc1. The summed E-state index contributed by atoms with van der Waals surface area (Å²) >= 11 is 0. The second kappa shape index (κ2) is 8.28. The Labute approximate surface area is 194 Å². The van der Waals surface area contributed by atoms with Gasteiger partial charge in [-0.2, -0.15) is 0 Å². The van der Waals surface area contributed by atoms with Crippen molar-refractivity contribution in [3.63, 3.8) is 0 Å². The fraction of sp³-hybridized carbons (Fsp3) is 0.407. The summed E-state index contributed by atoms with van der Waals surface area (Å²) in [4.78, 5) is 2.56. The van der Waals surface area contributed by atoms with Gasteiger partial charge in [-0.1, -0.05) is 24.3 Å². The second-order valence-electron chi connectivity index (χ2n) is 9.43. The molecule has 3 aliphatic rings. The third-order valence-electron chi connectivity index (χ3n) is 7.37. The van der Waals surface area contributed by atoms with Gasteiger partial charge in [0.25, 0.3) is 0 Å². The molecule has 2 fully saturated rings. The van der Waals surface area contributed by atoms with Crippen LogP contribution in [0.15, 0.2) is 66.9 Å². The lowest BCUT2D eigenvalue weighted by Gasteiger charge is -2.47. The number of para-hydroxylation sites is 2. The van der Waals surface area contributed by atoms with Crippen LogP contribution >= 0.6 is 0 Å². The normalized spacial score (nSPS) is 23.8. The maximum Gasteiger partial charge on any atom is 0.195 e. The van der Waals surface area contributed by atoms with Crippen molar-refractivity contribution < 1.29 is 13.9 Å². The lowest BCUT2D eigenvalue weighted by Crippen LogP contribution is -2.53. The van der Waals surface area contributed by atoms with Crippen LogP contribution in [0.1, 0.15) is 36.9 Å². The molecular formula is C27H30FN3O2. The van der Waals surface area contributed by atoms with E-state index in [4.69, 9.17) is 9.47 Å². The molecule has 6 rings (SSSR count). The summed E-state index contributed by atoms with van der Waals surface area (Å²) in [6.45, 7) is 4.18. The lowest BCUT2D eigenvalue weighted by atomic mass is 9.83. The molecular weight excluding hydrogens is 417 g/mol. The third-order valence-corrected chi connectivity index (χ3v) is 7.37. The predicted octanol–water partition coefficient (Wildman–Crippen LogP) is 5.01. The molecule has 0 amide bonds. The second-order valence-corrected chi connectivity index (χ2v) is 9.43. The number of rotatable bonds is 5. The fourth-order valence-electron chi connectivity index (χ4n) is 5.89. The Kier molecular flexibility index (Phi) is 5.24. The maximum absolute atomic E-state index is 13.4. The van der Waals surface area contributed by atoms with Crippen LogP contribution < -0.4 is 5.32 Å².